The van der Waals surface area contributed by atoms with Crippen LogP contribution in [0.15, 0.2) is 60.7 Å². The minimum absolute atomic E-state index is 0.0253. The molecule has 13 nitrogen and oxygen atoms in total. The summed E-state index contributed by atoms with van der Waals surface area (Å²) in [7, 11) is 0. The molecule has 288 valence electrons. The zero-order chi connectivity index (χ0) is 38.5. The van der Waals surface area contributed by atoms with Crippen LogP contribution in [0.5, 0.6) is 0 Å². The van der Waals surface area contributed by atoms with Gasteiger partial charge in [0.1, 0.15) is 6.10 Å². The van der Waals surface area contributed by atoms with Gasteiger partial charge in [0.2, 0.25) is 23.1 Å². The lowest BCUT2D eigenvalue weighted by molar-refractivity contribution is -0.374. The van der Waals surface area contributed by atoms with Gasteiger partial charge in [-0.3, -0.25) is 4.79 Å². The minimum atomic E-state index is -3.83. The second-order valence-corrected chi connectivity index (χ2v) is 13.8. The Kier molecular flexibility index (Phi) is 15.8. The molecule has 0 aromatic heterocycles. The second kappa shape index (κ2) is 19.3. The fraction of sp³-hybridized carbons (Fsp3) is 0.590. The molecule has 13 heteroatoms. The van der Waals surface area contributed by atoms with Crippen LogP contribution in [0, 0.1) is 11.8 Å². The van der Waals surface area contributed by atoms with Gasteiger partial charge in [0.15, 0.2) is 6.10 Å². The van der Waals surface area contributed by atoms with Crippen LogP contribution in [0.1, 0.15) is 97.0 Å². The number of hydrogen-bond donors (Lipinski definition) is 6. The van der Waals surface area contributed by atoms with E-state index in [2.05, 4.69) is 12.2 Å². The molecule has 0 aliphatic carbocycles. The molecule has 3 rings (SSSR count). The van der Waals surface area contributed by atoms with E-state index in [-0.39, 0.29) is 18.8 Å². The molecule has 0 unspecified atom stereocenters. The van der Waals surface area contributed by atoms with Gasteiger partial charge in [-0.05, 0) is 82.1 Å². The fourth-order valence-electron chi connectivity index (χ4n) is 6.89. The molecule has 0 saturated carbocycles. The topological polar surface area (TPSA) is 217 Å². The van der Waals surface area contributed by atoms with Crippen molar-refractivity contribution < 1.29 is 64.0 Å². The van der Waals surface area contributed by atoms with Crippen LogP contribution >= 0.6 is 0 Å². The smallest absolute Gasteiger partial charge is 0.344 e. The summed E-state index contributed by atoms with van der Waals surface area (Å²) < 4.78 is 16.6. The molecule has 6 N–H and O–H groups in total. The van der Waals surface area contributed by atoms with E-state index in [0.29, 0.717) is 25.7 Å². The maximum absolute atomic E-state index is 13.0. The molecular weight excluding hydrogens is 676 g/mol. The summed E-state index contributed by atoms with van der Waals surface area (Å²) in [5, 5.41) is 64.6. The average Bonchev–Trinajstić information content (AvgIpc) is 3.32. The van der Waals surface area contributed by atoms with Gasteiger partial charge in [0.25, 0.3) is 0 Å². The Morgan fingerprint density at radius 3 is 2.08 bits per heavy atom. The summed E-state index contributed by atoms with van der Waals surface area (Å²) in [5.74, 6) is -10.9. The van der Waals surface area contributed by atoms with Crippen molar-refractivity contribution in [1.29, 1.82) is 0 Å². The van der Waals surface area contributed by atoms with Crippen molar-refractivity contribution in [3.63, 3.8) is 0 Å². The first-order valence-corrected chi connectivity index (χ1v) is 18.0. The number of ether oxygens (including phenoxy) is 3. The Morgan fingerprint density at radius 2 is 1.50 bits per heavy atom. The molecule has 2 saturated heterocycles. The molecule has 0 amide bonds. The van der Waals surface area contributed by atoms with Gasteiger partial charge in [-0.25, -0.2) is 14.4 Å². The number of aliphatic hydroxyl groups excluding tert-OH is 2. The van der Waals surface area contributed by atoms with E-state index in [1.54, 1.807) is 6.92 Å². The number of carbonyl (C=O) groups excluding carboxylic acids is 1. The highest BCUT2D eigenvalue weighted by Crippen LogP contribution is 2.56. The first-order chi connectivity index (χ1) is 24.7. The Balaban J connectivity index is 1.75. The van der Waals surface area contributed by atoms with Crippen LogP contribution in [0.4, 0.5) is 0 Å². The quantitative estimate of drug-likeness (QED) is 0.0533. The molecule has 2 aliphatic heterocycles. The van der Waals surface area contributed by atoms with Crippen LogP contribution in [-0.2, 0) is 33.4 Å². The van der Waals surface area contributed by atoms with Crippen molar-refractivity contribution in [2.24, 2.45) is 11.8 Å². The summed E-state index contributed by atoms with van der Waals surface area (Å²) in [6, 6.07) is 9.57. The van der Waals surface area contributed by atoms with Gasteiger partial charge in [0.05, 0.1) is 6.10 Å². The zero-order valence-corrected chi connectivity index (χ0v) is 30.1. The summed E-state index contributed by atoms with van der Waals surface area (Å²) in [5.41, 5.74) is -6.32. The van der Waals surface area contributed by atoms with E-state index in [1.165, 1.54) is 0 Å². The molecule has 1 aromatic rings. The van der Waals surface area contributed by atoms with E-state index in [4.69, 9.17) is 14.2 Å². The lowest BCUT2D eigenvalue weighted by atomic mass is 9.74. The van der Waals surface area contributed by atoms with Crippen molar-refractivity contribution in [1.82, 2.24) is 0 Å². The third kappa shape index (κ3) is 9.56. The van der Waals surface area contributed by atoms with Crippen LogP contribution in [0.2, 0.25) is 0 Å². The van der Waals surface area contributed by atoms with Crippen LogP contribution in [0.3, 0.4) is 0 Å². The normalized spacial score (nSPS) is 29.0. The predicted molar refractivity (Wildman–Crippen MR) is 190 cm³/mol. The van der Waals surface area contributed by atoms with Gasteiger partial charge in [-0.2, -0.15) is 0 Å². The number of rotatable bonds is 22. The SMILES string of the molecule is CC=CCCCCC=CCCCCC(=O)O[C@@H]1[C@@H](O)[C@]2(CC[C@H](C)[C@H](O)[C@H](C)CC=Cc3ccccc3)O[C@@H](C(=O)O)[C@@](O)(C(=O)O)[C@]1(C(=O)O)O2. The number of carboxylic acids is 3. The highest BCUT2D eigenvalue weighted by Gasteiger charge is 2.85. The number of benzene rings is 1. The van der Waals surface area contributed by atoms with Gasteiger partial charge >= 0.3 is 23.9 Å². The van der Waals surface area contributed by atoms with Crippen molar-refractivity contribution in [2.75, 3.05) is 0 Å². The number of esters is 1. The van der Waals surface area contributed by atoms with E-state index in [9.17, 15) is 49.8 Å². The number of carboxylic acid groups (broad SMARTS) is 3. The molecular formula is C39H54O13. The Labute approximate surface area is 304 Å². The third-order valence-electron chi connectivity index (χ3n) is 9.99. The van der Waals surface area contributed by atoms with E-state index in [0.717, 1.165) is 31.2 Å². The molecule has 2 heterocycles. The number of aliphatic carboxylic acids is 3. The molecule has 2 fully saturated rings. The summed E-state index contributed by atoms with van der Waals surface area (Å²) in [6.07, 6.45) is 9.20. The largest absolute Gasteiger partial charge is 0.479 e. The van der Waals surface area contributed by atoms with Crippen molar-refractivity contribution in [3.05, 3.63) is 66.3 Å². The molecule has 2 bridgehead atoms. The van der Waals surface area contributed by atoms with E-state index < -0.39 is 77.6 Å². The summed E-state index contributed by atoms with van der Waals surface area (Å²) >= 11 is 0. The lowest BCUT2D eigenvalue weighted by Gasteiger charge is -2.48. The maximum atomic E-state index is 13.0. The van der Waals surface area contributed by atoms with Crippen molar-refractivity contribution in [2.45, 2.75) is 133 Å². The predicted octanol–water partition coefficient (Wildman–Crippen LogP) is 4.88. The first kappa shape index (κ1) is 42.5. The minimum Gasteiger partial charge on any atom is -0.479 e. The van der Waals surface area contributed by atoms with Gasteiger partial charge in [-0.15, -0.1) is 0 Å². The number of unbranched alkanes of at least 4 members (excludes halogenated alkanes) is 5. The molecule has 1 aromatic carbocycles. The number of aliphatic hydroxyl groups is 3. The third-order valence-corrected chi connectivity index (χ3v) is 9.99. The number of hydrogen-bond acceptors (Lipinski definition) is 10. The van der Waals surface area contributed by atoms with Crippen molar-refractivity contribution in [3.8, 4) is 0 Å². The van der Waals surface area contributed by atoms with Gasteiger partial charge < -0.3 is 44.8 Å². The van der Waals surface area contributed by atoms with E-state index in [1.807, 2.05) is 68.5 Å². The lowest BCUT2D eigenvalue weighted by Crippen LogP contribution is -2.78. The molecule has 52 heavy (non-hydrogen) atoms. The monoisotopic (exact) mass is 730 g/mol. The summed E-state index contributed by atoms with van der Waals surface area (Å²) in [4.78, 5) is 50.9. The number of fused-ring (bicyclic) bond motifs is 2. The first-order valence-electron chi connectivity index (χ1n) is 18.0. The standard InChI is InChI=1S/C39H54O13/c1-4-5-6-7-8-9-10-11-12-13-17-23-29(40)50-32-31(42)37(51-33(34(43)44)38(49,35(45)46)39(32,52-37)36(47)48)25-24-27(3)30(41)26(2)19-18-22-28-20-15-14-16-21-28/h4-5,10-11,14-16,18,20-22,26-27,30-33,41-42,49H,6-9,12-13,17,19,23-25H2,1-3H3,(H,43,44)(H,45,46)(H,47,48)/t26-,27+,30-,31-,32-,33+,37-,38-,39+/m1/s1. The molecule has 0 spiro atoms. The highest BCUT2D eigenvalue weighted by atomic mass is 16.8. The molecule has 0 radical (unpaired) electrons. The van der Waals surface area contributed by atoms with Crippen LogP contribution < -0.4 is 0 Å². The highest BCUT2D eigenvalue weighted by molar-refractivity contribution is 5.98. The Morgan fingerprint density at radius 1 is 0.885 bits per heavy atom. The molecule has 2 aliphatic rings. The Bertz CT molecular complexity index is 1440. The second-order valence-electron chi connectivity index (χ2n) is 13.8. The molecule has 9 atom stereocenters. The van der Waals surface area contributed by atoms with Crippen LogP contribution in [0.25, 0.3) is 6.08 Å². The number of carbonyl (C=O) groups is 4. The van der Waals surface area contributed by atoms with Crippen LogP contribution in [-0.4, -0.2) is 95.9 Å². The average molecular weight is 731 g/mol. The number of allylic oxidation sites excluding steroid dienone is 5. The maximum Gasteiger partial charge on any atom is 0.344 e. The van der Waals surface area contributed by atoms with Crippen molar-refractivity contribution >= 4 is 30.0 Å². The van der Waals surface area contributed by atoms with Gasteiger partial charge in [-0.1, -0.05) is 80.6 Å². The summed E-state index contributed by atoms with van der Waals surface area (Å²) in [6.45, 7) is 5.50. The van der Waals surface area contributed by atoms with E-state index >= 15 is 0 Å². The Hall–Kier alpha value is -3.88. The fourth-order valence-corrected chi connectivity index (χ4v) is 6.89. The van der Waals surface area contributed by atoms with Gasteiger partial charge in [0, 0.05) is 12.8 Å². The zero-order valence-electron chi connectivity index (χ0n) is 30.1.